The zero-order valence-corrected chi connectivity index (χ0v) is 24.2. The molecule has 7 nitrogen and oxygen atoms in total. The van der Waals surface area contributed by atoms with Crippen LogP contribution in [0.15, 0.2) is 60.8 Å². The Morgan fingerprint density at radius 3 is 2.52 bits per heavy atom. The van der Waals surface area contributed by atoms with Gasteiger partial charge in [-0.1, -0.05) is 47.5 Å². The van der Waals surface area contributed by atoms with Gasteiger partial charge in [-0.25, -0.2) is 8.78 Å². The number of carbonyl (C=O) groups excluding carboxylic acids is 3. The Morgan fingerprint density at radius 1 is 1.02 bits per heavy atom. The van der Waals surface area contributed by atoms with Crippen molar-refractivity contribution in [3.63, 3.8) is 0 Å². The Hall–Kier alpha value is -3.95. The molecule has 4 aromatic rings. The number of aromatic nitrogens is 1. The summed E-state index contributed by atoms with van der Waals surface area (Å²) in [5, 5.41) is 7.02. The van der Waals surface area contributed by atoms with Gasteiger partial charge in [0.25, 0.3) is 0 Å². The van der Waals surface area contributed by atoms with Gasteiger partial charge in [-0.3, -0.25) is 14.4 Å². The van der Waals surface area contributed by atoms with Crippen LogP contribution in [0.25, 0.3) is 10.9 Å². The Morgan fingerprint density at radius 2 is 1.76 bits per heavy atom. The first-order valence-electron chi connectivity index (χ1n) is 13.4. The van der Waals surface area contributed by atoms with E-state index >= 15 is 0 Å². The quantitative estimate of drug-likeness (QED) is 0.235. The molecule has 0 saturated heterocycles. The zero-order chi connectivity index (χ0) is 30.0. The number of para-hydroxylation sites is 1. The number of hydrogen-bond donors (Lipinski definition) is 3. The molecule has 5 rings (SSSR count). The molecule has 0 radical (unpaired) electrons. The molecule has 0 spiro atoms. The van der Waals surface area contributed by atoms with Crippen molar-refractivity contribution < 1.29 is 23.2 Å². The highest BCUT2D eigenvalue weighted by Crippen LogP contribution is 2.32. The molecule has 11 heteroatoms. The van der Waals surface area contributed by atoms with Crippen LogP contribution in [-0.4, -0.2) is 40.2 Å². The highest BCUT2D eigenvalue weighted by Gasteiger charge is 2.32. The van der Waals surface area contributed by atoms with Crippen molar-refractivity contribution in [3.8, 4) is 0 Å². The van der Waals surface area contributed by atoms with Crippen LogP contribution in [0, 0.1) is 17.6 Å². The van der Waals surface area contributed by atoms with E-state index in [9.17, 15) is 23.2 Å². The molecular weight excluding hydrogens is 585 g/mol. The minimum atomic E-state index is -1.18. The summed E-state index contributed by atoms with van der Waals surface area (Å²) >= 11 is 12.7. The lowest BCUT2D eigenvalue weighted by Gasteiger charge is -2.33. The second kappa shape index (κ2) is 12.5. The molecule has 3 aromatic carbocycles. The van der Waals surface area contributed by atoms with Crippen molar-refractivity contribution >= 4 is 51.8 Å². The van der Waals surface area contributed by atoms with Crippen molar-refractivity contribution in [2.45, 2.75) is 38.9 Å². The fourth-order valence-corrected chi connectivity index (χ4v) is 5.58. The number of halogens is 4. The smallest absolute Gasteiger partial charge is 0.245 e. The van der Waals surface area contributed by atoms with E-state index in [-0.39, 0.29) is 31.0 Å². The third-order valence-electron chi connectivity index (χ3n) is 7.49. The van der Waals surface area contributed by atoms with Gasteiger partial charge in [0.1, 0.15) is 23.6 Å². The normalized spacial score (nSPS) is 14.3. The lowest BCUT2D eigenvalue weighted by atomic mass is 9.97. The summed E-state index contributed by atoms with van der Waals surface area (Å²) in [4.78, 5) is 44.8. The fraction of sp³-hybridized carbons (Fsp3) is 0.258. The molecule has 0 saturated carbocycles. The number of H-pyrrole nitrogens is 1. The van der Waals surface area contributed by atoms with E-state index in [1.165, 1.54) is 6.92 Å². The van der Waals surface area contributed by atoms with Gasteiger partial charge < -0.3 is 20.5 Å². The summed E-state index contributed by atoms with van der Waals surface area (Å²) in [6, 6.07) is 13.2. The van der Waals surface area contributed by atoms with Crippen LogP contribution in [0.3, 0.4) is 0 Å². The molecule has 1 aliphatic rings. The molecule has 2 heterocycles. The summed E-state index contributed by atoms with van der Waals surface area (Å²) in [7, 11) is 0. The predicted molar refractivity (Wildman–Crippen MR) is 157 cm³/mol. The molecule has 0 bridgehead atoms. The monoisotopic (exact) mass is 612 g/mol. The average Bonchev–Trinajstić information content (AvgIpc) is 3.38. The number of nitrogens with zero attached hydrogens (tertiary/aromatic N) is 1. The molecule has 1 aliphatic heterocycles. The predicted octanol–water partition coefficient (Wildman–Crippen LogP) is 5.32. The number of benzene rings is 3. The number of carbonyl (C=O) groups is 3. The van der Waals surface area contributed by atoms with Crippen molar-refractivity contribution in [3.05, 3.63) is 105 Å². The first-order chi connectivity index (χ1) is 20.1. The largest absolute Gasteiger partial charge is 0.361 e. The Balaban J connectivity index is 1.33. The maximum absolute atomic E-state index is 13.9. The van der Waals surface area contributed by atoms with Gasteiger partial charge >= 0.3 is 0 Å². The first kappa shape index (κ1) is 29.5. The van der Waals surface area contributed by atoms with Gasteiger partial charge in [0.15, 0.2) is 0 Å². The average molecular weight is 613 g/mol. The van der Waals surface area contributed by atoms with Crippen molar-refractivity contribution in [2.75, 3.05) is 6.54 Å². The second-order valence-electron chi connectivity index (χ2n) is 10.4. The summed E-state index contributed by atoms with van der Waals surface area (Å²) in [5.41, 5.74) is 3.70. The summed E-state index contributed by atoms with van der Waals surface area (Å²) < 4.78 is 27.0. The minimum Gasteiger partial charge on any atom is -0.361 e. The highest BCUT2D eigenvalue weighted by molar-refractivity contribution is 6.42. The molecule has 2 atom stereocenters. The third kappa shape index (κ3) is 6.42. The first-order valence-corrected chi connectivity index (χ1v) is 14.2. The van der Waals surface area contributed by atoms with Crippen molar-refractivity contribution in [2.24, 2.45) is 5.92 Å². The van der Waals surface area contributed by atoms with Gasteiger partial charge in [0, 0.05) is 49.2 Å². The Labute approximate surface area is 251 Å². The number of nitrogens with one attached hydrogen (secondary N) is 3. The summed E-state index contributed by atoms with van der Waals surface area (Å²) in [6.45, 7) is 1.89. The van der Waals surface area contributed by atoms with E-state index in [1.807, 2.05) is 30.3 Å². The molecule has 0 aliphatic carbocycles. The van der Waals surface area contributed by atoms with Crippen LogP contribution in [-0.2, 0) is 40.3 Å². The molecule has 218 valence electrons. The molecule has 2 unspecified atom stereocenters. The maximum atomic E-state index is 13.9. The van der Waals surface area contributed by atoms with E-state index in [2.05, 4.69) is 15.6 Å². The van der Waals surface area contributed by atoms with Crippen molar-refractivity contribution in [1.82, 2.24) is 20.5 Å². The van der Waals surface area contributed by atoms with Crippen LogP contribution in [0.2, 0.25) is 10.0 Å². The molecule has 3 N–H and O–H groups in total. The van der Waals surface area contributed by atoms with Gasteiger partial charge in [-0.2, -0.15) is 0 Å². The van der Waals surface area contributed by atoms with Crippen LogP contribution >= 0.6 is 23.2 Å². The highest BCUT2D eigenvalue weighted by atomic mass is 35.5. The maximum Gasteiger partial charge on any atom is 0.245 e. The van der Waals surface area contributed by atoms with Crippen LogP contribution in [0.4, 0.5) is 8.78 Å². The van der Waals surface area contributed by atoms with E-state index in [0.717, 1.165) is 45.8 Å². The van der Waals surface area contributed by atoms with Gasteiger partial charge in [-0.05, 0) is 59.9 Å². The molecule has 3 amide bonds. The topological polar surface area (TPSA) is 94.3 Å². The van der Waals surface area contributed by atoms with E-state index < -0.39 is 35.4 Å². The second-order valence-corrected chi connectivity index (χ2v) is 11.1. The fourth-order valence-electron chi connectivity index (χ4n) is 5.16. The van der Waals surface area contributed by atoms with Gasteiger partial charge in [0.2, 0.25) is 17.7 Å². The number of hydrogen-bond acceptors (Lipinski definition) is 3. The lowest BCUT2D eigenvalue weighted by Crippen LogP contribution is -2.53. The summed E-state index contributed by atoms with van der Waals surface area (Å²) in [5.74, 6) is -4.35. The van der Waals surface area contributed by atoms with E-state index in [4.69, 9.17) is 23.2 Å². The molecular formula is C31H28Cl2F2N4O3. The summed E-state index contributed by atoms with van der Waals surface area (Å²) in [6.07, 6.45) is 2.55. The van der Waals surface area contributed by atoms with Crippen LogP contribution < -0.4 is 10.6 Å². The molecule has 0 fully saturated rings. The number of rotatable bonds is 8. The van der Waals surface area contributed by atoms with Crippen molar-refractivity contribution in [1.29, 1.82) is 0 Å². The van der Waals surface area contributed by atoms with E-state index in [0.29, 0.717) is 23.0 Å². The number of amides is 3. The standard InChI is InChI=1S/C31H28Cl2F2N4O3/c1-17(29(40)37-14-18-10-21(34)13-22(35)11-18)30(41)38-27(12-20-15-36-26-5-3-2-4-23(20)26)31(42)39-9-8-19-6-7-25(32)28(33)24(19)16-39/h2-7,10-11,13,15,17,27,36H,8-9,12,14,16H2,1H3,(H,37,40)(H,38,41). The van der Waals surface area contributed by atoms with Gasteiger partial charge in [0.05, 0.1) is 10.0 Å². The number of aromatic amines is 1. The lowest BCUT2D eigenvalue weighted by molar-refractivity contribution is -0.140. The Kier molecular flexibility index (Phi) is 8.80. The van der Waals surface area contributed by atoms with Gasteiger partial charge in [-0.15, -0.1) is 0 Å². The third-order valence-corrected chi connectivity index (χ3v) is 8.34. The molecule has 1 aromatic heterocycles. The number of fused-ring (bicyclic) bond motifs is 2. The molecule has 42 heavy (non-hydrogen) atoms. The Bertz CT molecular complexity index is 1660. The van der Waals surface area contributed by atoms with E-state index in [1.54, 1.807) is 17.2 Å². The zero-order valence-electron chi connectivity index (χ0n) is 22.6. The minimum absolute atomic E-state index is 0.167. The van der Waals surface area contributed by atoms with Crippen LogP contribution in [0.5, 0.6) is 0 Å². The van der Waals surface area contributed by atoms with Crippen LogP contribution in [0.1, 0.15) is 29.2 Å². The SMILES string of the molecule is CC(C(=O)NCc1cc(F)cc(F)c1)C(=O)NC(Cc1c[nH]c2ccccc12)C(=O)N1CCc2ccc(Cl)c(Cl)c2C1.